The maximum atomic E-state index is 2.58. The first kappa shape index (κ1) is 8.19. The summed E-state index contributed by atoms with van der Waals surface area (Å²) >= 11 is 0. The summed E-state index contributed by atoms with van der Waals surface area (Å²) in [6, 6.07) is 0. The van der Waals surface area contributed by atoms with Crippen LogP contribution in [0.2, 0.25) is 0 Å². The van der Waals surface area contributed by atoms with Gasteiger partial charge in [0.1, 0.15) is 0 Å². The topological polar surface area (TPSA) is 0 Å². The van der Waals surface area contributed by atoms with E-state index in [0.717, 1.165) is 17.8 Å². The highest BCUT2D eigenvalue weighted by atomic mass is 14.6. The summed E-state index contributed by atoms with van der Waals surface area (Å²) in [7, 11) is 0. The predicted molar refractivity (Wildman–Crippen MR) is 57.8 cm³/mol. The molecule has 6 unspecified atom stereocenters. The van der Waals surface area contributed by atoms with E-state index < -0.39 is 0 Å². The van der Waals surface area contributed by atoms with Crippen molar-refractivity contribution in [3.63, 3.8) is 0 Å². The molecule has 0 nitrogen and oxygen atoms in total. The lowest BCUT2D eigenvalue weighted by atomic mass is 9.78. The molecule has 4 saturated carbocycles. The van der Waals surface area contributed by atoms with Crippen LogP contribution in [0.25, 0.3) is 0 Å². The van der Waals surface area contributed by atoms with Crippen molar-refractivity contribution in [1.82, 2.24) is 0 Å². The number of fused-ring (bicyclic) bond motifs is 2. The number of hydrogen-bond acceptors (Lipinski definition) is 0. The molecule has 0 heterocycles. The molecular weight excluding hydrogens is 168 g/mol. The molecule has 0 aromatic heterocycles. The zero-order valence-electron chi connectivity index (χ0n) is 9.28. The lowest BCUT2D eigenvalue weighted by Gasteiger charge is -2.27. The van der Waals surface area contributed by atoms with Crippen LogP contribution in [0.15, 0.2) is 0 Å². The Bertz CT molecular complexity index is 251. The monoisotopic (exact) mass is 190 g/mol. The standard InChI is InChI=1S/C14H22/c1-8-13(9-2-3-9)7-12-5-10-4-11(10)6-14(8)12/h8-14H,2-7H2,1H3. The van der Waals surface area contributed by atoms with Gasteiger partial charge in [-0.2, -0.15) is 0 Å². The second-order valence-corrected chi connectivity index (χ2v) is 6.75. The molecule has 4 aliphatic carbocycles. The van der Waals surface area contributed by atoms with Crippen molar-refractivity contribution in [1.29, 1.82) is 0 Å². The quantitative estimate of drug-likeness (QED) is 0.591. The minimum absolute atomic E-state index is 1.09. The van der Waals surface area contributed by atoms with E-state index in [0.29, 0.717) is 0 Å². The van der Waals surface area contributed by atoms with Gasteiger partial charge in [-0.3, -0.25) is 0 Å². The Morgan fingerprint density at radius 3 is 2.00 bits per heavy atom. The van der Waals surface area contributed by atoms with Crippen LogP contribution in [0, 0.1) is 41.4 Å². The molecule has 0 amide bonds. The first-order chi connectivity index (χ1) is 6.83. The van der Waals surface area contributed by atoms with Crippen LogP contribution >= 0.6 is 0 Å². The summed E-state index contributed by atoms with van der Waals surface area (Å²) in [5.41, 5.74) is 0. The van der Waals surface area contributed by atoms with E-state index in [1.807, 2.05) is 0 Å². The molecular formula is C14H22. The maximum Gasteiger partial charge on any atom is -0.0354 e. The molecule has 4 fully saturated rings. The van der Waals surface area contributed by atoms with Crippen molar-refractivity contribution in [2.24, 2.45) is 41.4 Å². The summed E-state index contributed by atoms with van der Waals surface area (Å²) in [5, 5.41) is 0. The third kappa shape index (κ3) is 1.06. The van der Waals surface area contributed by atoms with Crippen LogP contribution in [0.3, 0.4) is 0 Å². The van der Waals surface area contributed by atoms with E-state index in [4.69, 9.17) is 0 Å². The number of rotatable bonds is 1. The molecule has 0 aliphatic heterocycles. The molecule has 0 aromatic carbocycles. The first-order valence-electron chi connectivity index (χ1n) is 6.83. The Morgan fingerprint density at radius 2 is 1.21 bits per heavy atom. The van der Waals surface area contributed by atoms with Crippen molar-refractivity contribution in [3.8, 4) is 0 Å². The van der Waals surface area contributed by atoms with Crippen molar-refractivity contribution >= 4 is 0 Å². The summed E-state index contributed by atoms with van der Waals surface area (Å²) in [5.74, 6) is 8.13. The second kappa shape index (κ2) is 2.57. The highest BCUT2D eigenvalue weighted by Gasteiger charge is 2.54. The van der Waals surface area contributed by atoms with Crippen LogP contribution in [0.4, 0.5) is 0 Å². The molecule has 0 bridgehead atoms. The van der Waals surface area contributed by atoms with Crippen molar-refractivity contribution in [3.05, 3.63) is 0 Å². The average molecular weight is 190 g/mol. The lowest BCUT2D eigenvalue weighted by molar-refractivity contribution is 0.218. The second-order valence-electron chi connectivity index (χ2n) is 6.75. The fourth-order valence-electron chi connectivity index (χ4n) is 4.94. The van der Waals surface area contributed by atoms with Gasteiger partial charge in [0.15, 0.2) is 0 Å². The Hall–Kier alpha value is 0. The van der Waals surface area contributed by atoms with Gasteiger partial charge in [0.05, 0.1) is 0 Å². The smallest absolute Gasteiger partial charge is 0.0354 e. The molecule has 0 spiro atoms. The van der Waals surface area contributed by atoms with E-state index in [9.17, 15) is 0 Å². The van der Waals surface area contributed by atoms with E-state index in [-0.39, 0.29) is 0 Å². The van der Waals surface area contributed by atoms with E-state index in [2.05, 4.69) is 6.92 Å². The van der Waals surface area contributed by atoms with Crippen LogP contribution in [-0.2, 0) is 0 Å². The molecule has 0 saturated heterocycles. The van der Waals surface area contributed by atoms with Gasteiger partial charge in [-0.25, -0.2) is 0 Å². The highest BCUT2D eigenvalue weighted by Crippen LogP contribution is 2.63. The van der Waals surface area contributed by atoms with Gasteiger partial charge in [0, 0.05) is 0 Å². The van der Waals surface area contributed by atoms with Gasteiger partial charge in [-0.05, 0) is 80.0 Å². The van der Waals surface area contributed by atoms with E-state index in [1.165, 1.54) is 23.7 Å². The minimum Gasteiger partial charge on any atom is -0.0620 e. The van der Waals surface area contributed by atoms with Crippen molar-refractivity contribution in [2.75, 3.05) is 0 Å². The summed E-state index contributed by atoms with van der Waals surface area (Å²) in [4.78, 5) is 0. The van der Waals surface area contributed by atoms with Gasteiger partial charge in [-0.1, -0.05) is 6.92 Å². The third-order valence-corrected chi connectivity index (χ3v) is 6.01. The first-order valence-corrected chi connectivity index (χ1v) is 6.83. The number of hydrogen-bond donors (Lipinski definition) is 0. The molecule has 4 rings (SSSR count). The molecule has 0 aromatic rings. The Labute approximate surface area is 87.5 Å². The van der Waals surface area contributed by atoms with E-state index >= 15 is 0 Å². The van der Waals surface area contributed by atoms with Gasteiger partial charge in [0.2, 0.25) is 0 Å². The van der Waals surface area contributed by atoms with Crippen molar-refractivity contribution < 1.29 is 0 Å². The summed E-state index contributed by atoms with van der Waals surface area (Å²) in [6.07, 6.45) is 9.62. The molecule has 0 N–H and O–H groups in total. The van der Waals surface area contributed by atoms with Gasteiger partial charge in [-0.15, -0.1) is 0 Å². The predicted octanol–water partition coefficient (Wildman–Crippen LogP) is 3.71. The average Bonchev–Trinajstić information content (AvgIpc) is 3.06. The Kier molecular flexibility index (Phi) is 1.50. The van der Waals surface area contributed by atoms with Crippen LogP contribution < -0.4 is 0 Å². The van der Waals surface area contributed by atoms with Gasteiger partial charge >= 0.3 is 0 Å². The summed E-state index contributed by atoms with van der Waals surface area (Å²) in [6.45, 7) is 2.58. The molecule has 6 atom stereocenters. The maximum absolute atomic E-state index is 2.58. The van der Waals surface area contributed by atoms with Gasteiger partial charge in [0.25, 0.3) is 0 Å². The zero-order valence-corrected chi connectivity index (χ0v) is 9.28. The van der Waals surface area contributed by atoms with Crippen LogP contribution in [0.5, 0.6) is 0 Å². The third-order valence-electron chi connectivity index (χ3n) is 6.01. The largest absolute Gasteiger partial charge is 0.0620 e. The minimum atomic E-state index is 1.09. The van der Waals surface area contributed by atoms with Crippen LogP contribution in [-0.4, -0.2) is 0 Å². The SMILES string of the molecule is CC1C2CC3CC3CC2CC1C1CC1. The fourth-order valence-corrected chi connectivity index (χ4v) is 4.94. The molecule has 4 aliphatic rings. The van der Waals surface area contributed by atoms with E-state index in [1.54, 1.807) is 38.5 Å². The fraction of sp³-hybridized carbons (Fsp3) is 1.00. The Balaban J connectivity index is 1.55. The zero-order chi connectivity index (χ0) is 9.28. The molecule has 0 heteroatoms. The normalized spacial score (nSPS) is 60.6. The van der Waals surface area contributed by atoms with Crippen molar-refractivity contribution in [2.45, 2.75) is 45.4 Å². The lowest BCUT2D eigenvalue weighted by Crippen LogP contribution is -2.20. The Morgan fingerprint density at radius 1 is 0.643 bits per heavy atom. The molecule has 78 valence electrons. The molecule has 0 radical (unpaired) electrons. The summed E-state index contributed by atoms with van der Waals surface area (Å²) < 4.78 is 0. The van der Waals surface area contributed by atoms with Crippen LogP contribution in [0.1, 0.15) is 45.4 Å². The van der Waals surface area contributed by atoms with Gasteiger partial charge < -0.3 is 0 Å². The highest BCUT2D eigenvalue weighted by molar-refractivity contribution is 5.03. The molecule has 14 heavy (non-hydrogen) atoms.